The van der Waals surface area contributed by atoms with Crippen LogP contribution in [0, 0.1) is 34.1 Å². The van der Waals surface area contributed by atoms with Gasteiger partial charge < -0.3 is 0 Å². The molecule has 0 saturated carbocycles. The normalized spacial score (nSPS) is 16.9. The molecule has 4 rings (SSSR count). The molecular weight excluding hydrogens is 720 g/mol. The van der Waals surface area contributed by atoms with Crippen LogP contribution >= 0.6 is 0 Å². The Labute approximate surface area is 315 Å². The van der Waals surface area contributed by atoms with Crippen molar-refractivity contribution in [1.82, 2.24) is 10.6 Å². The fourth-order valence-electron chi connectivity index (χ4n) is 8.36. The molecule has 0 bridgehead atoms. The van der Waals surface area contributed by atoms with Crippen LogP contribution in [0.5, 0.6) is 11.5 Å². The molecule has 0 heterocycles. The molecule has 53 heavy (non-hydrogen) atoms. The van der Waals surface area contributed by atoms with Crippen molar-refractivity contribution < 1.29 is 53.2 Å². The topological polar surface area (TPSA) is 76.7 Å². The van der Waals surface area contributed by atoms with Crippen molar-refractivity contribution in [3.63, 3.8) is 0 Å². The zero-order valence-corrected chi connectivity index (χ0v) is 34.8. The summed E-state index contributed by atoms with van der Waals surface area (Å²) in [6, 6.07) is 4.05. The van der Waals surface area contributed by atoms with Gasteiger partial charge >= 0.3 is 317 Å². The number of rotatable bonds is 12. The molecular formula is C42H54F4N2O4Ti. The summed E-state index contributed by atoms with van der Waals surface area (Å²) in [6.07, 6.45) is 1.01. The molecule has 0 saturated heterocycles. The predicted molar refractivity (Wildman–Crippen MR) is 200 cm³/mol. The first-order valence-corrected chi connectivity index (χ1v) is 21.5. The molecule has 6 nitrogen and oxygen atoms in total. The average Bonchev–Trinajstić information content (AvgIpc) is 3.34. The Morgan fingerprint density at radius 2 is 0.943 bits per heavy atom. The van der Waals surface area contributed by atoms with Crippen LogP contribution in [0.15, 0.2) is 65.5 Å². The first-order chi connectivity index (χ1) is 24.7. The Morgan fingerprint density at radius 1 is 0.604 bits per heavy atom. The number of unbranched alkanes of at least 4 members (excludes halogenated alkanes) is 2. The van der Waals surface area contributed by atoms with Gasteiger partial charge in [0.05, 0.1) is 0 Å². The molecule has 2 N–H and O–H groups in total. The SMILES string of the molecule is CCCCNC(=O)Oc1ccc(F)[c]([Ti]([C]2=C(C)C(C)=C(C)C2(C)C)([C]2=C(C)C(C)=C(C)C2(C)C)[c]2c(F)ccc(OC(=O)NCCCC)c2F)c1F. The van der Waals surface area contributed by atoms with E-state index in [4.69, 9.17) is 9.47 Å². The van der Waals surface area contributed by atoms with E-state index in [0.717, 1.165) is 59.4 Å². The Balaban J connectivity index is 2.28. The van der Waals surface area contributed by atoms with Gasteiger partial charge in [0, 0.05) is 0 Å². The molecule has 0 atom stereocenters. The minimum atomic E-state index is -5.79. The molecule has 288 valence electrons. The number of carbonyl (C=O) groups is 2. The van der Waals surface area contributed by atoms with E-state index < -0.39 is 82.1 Å². The first kappa shape index (κ1) is 42.1. The Kier molecular flexibility index (Phi) is 12.7. The molecule has 0 spiro atoms. The third-order valence-corrected chi connectivity index (χ3v) is 21.0. The summed E-state index contributed by atoms with van der Waals surface area (Å²) < 4.78 is 81.0. The van der Waals surface area contributed by atoms with Gasteiger partial charge in [-0.3, -0.25) is 0 Å². The number of nitrogens with one attached hydrogen (secondary N) is 2. The molecule has 2 aromatic rings. The van der Waals surface area contributed by atoms with E-state index in [0.29, 0.717) is 31.7 Å². The number of benzene rings is 2. The van der Waals surface area contributed by atoms with Gasteiger partial charge in [0.25, 0.3) is 0 Å². The Morgan fingerprint density at radius 3 is 1.23 bits per heavy atom. The van der Waals surface area contributed by atoms with Crippen molar-refractivity contribution in [2.24, 2.45) is 10.8 Å². The number of amides is 2. The zero-order valence-electron chi connectivity index (χ0n) is 33.2. The summed E-state index contributed by atoms with van der Waals surface area (Å²) in [6.45, 7) is 23.4. The Hall–Kier alpha value is -3.63. The maximum atomic E-state index is 17.8. The van der Waals surface area contributed by atoms with E-state index in [-0.39, 0.29) is 13.1 Å². The zero-order chi connectivity index (χ0) is 39.8. The van der Waals surface area contributed by atoms with Crippen molar-refractivity contribution in [3.05, 3.63) is 88.7 Å². The van der Waals surface area contributed by atoms with Crippen LogP contribution < -0.4 is 27.8 Å². The summed E-state index contributed by atoms with van der Waals surface area (Å²) in [5.74, 6) is -5.62. The quantitative estimate of drug-likeness (QED) is 0.128. The summed E-state index contributed by atoms with van der Waals surface area (Å²) in [5.41, 5.74) is 2.95. The molecule has 2 aliphatic rings. The molecule has 0 radical (unpaired) electrons. The monoisotopic (exact) mass is 774 g/mol. The summed E-state index contributed by atoms with van der Waals surface area (Å²) in [5, 5.41) is 5.17. The molecule has 0 aliphatic heterocycles. The molecule has 2 aromatic carbocycles. The van der Waals surface area contributed by atoms with Gasteiger partial charge in [0.15, 0.2) is 0 Å². The van der Waals surface area contributed by atoms with Crippen LogP contribution in [0.4, 0.5) is 27.2 Å². The predicted octanol–water partition coefficient (Wildman–Crippen LogP) is 10.4. The molecule has 11 heteroatoms. The van der Waals surface area contributed by atoms with E-state index in [1.165, 1.54) is 0 Å². The number of hydrogen-bond acceptors (Lipinski definition) is 4. The first-order valence-electron chi connectivity index (χ1n) is 18.4. The van der Waals surface area contributed by atoms with Crippen molar-refractivity contribution >= 4 is 19.9 Å². The van der Waals surface area contributed by atoms with Crippen LogP contribution in [-0.4, -0.2) is 25.3 Å². The van der Waals surface area contributed by atoms with Gasteiger partial charge in [-0.1, -0.05) is 0 Å². The van der Waals surface area contributed by atoms with E-state index in [9.17, 15) is 9.59 Å². The number of ether oxygens (including phenoxy) is 2. The number of hydrogen-bond donors (Lipinski definition) is 2. The van der Waals surface area contributed by atoms with Crippen molar-refractivity contribution in [1.29, 1.82) is 0 Å². The van der Waals surface area contributed by atoms with Gasteiger partial charge in [-0.15, -0.1) is 0 Å². The minimum absolute atomic E-state index is 0.275. The molecule has 0 unspecified atom stereocenters. The second kappa shape index (κ2) is 16.0. The van der Waals surface area contributed by atoms with E-state index >= 15 is 17.6 Å². The molecule has 0 aromatic heterocycles. The fraction of sp³-hybridized carbons (Fsp3) is 0.476. The maximum absolute atomic E-state index is 17.8. The molecule has 2 amide bonds. The second-order valence-corrected chi connectivity index (χ2v) is 20.8. The van der Waals surface area contributed by atoms with Gasteiger partial charge in [-0.05, 0) is 0 Å². The van der Waals surface area contributed by atoms with Crippen LogP contribution in [0.2, 0.25) is 0 Å². The van der Waals surface area contributed by atoms with Crippen molar-refractivity contribution in [2.75, 3.05) is 13.1 Å². The van der Waals surface area contributed by atoms with E-state index in [1.54, 1.807) is 0 Å². The van der Waals surface area contributed by atoms with Gasteiger partial charge in [0.2, 0.25) is 0 Å². The standard InChI is InChI=1S/2C11H12F2NO2.2C10H15.Ti/c2*1-2-3-6-14-11(15)16-10-5-4-8(12)7-9(10)13;2*1-7-6-10(4,5)9(3)8(7)2;/h2*4-5H,2-3,6H2,1H3,(H,14,15);2*1-5H3;. The van der Waals surface area contributed by atoms with Gasteiger partial charge in [-0.25, -0.2) is 0 Å². The number of halogens is 4. The van der Waals surface area contributed by atoms with Crippen LogP contribution in [0.3, 0.4) is 0 Å². The summed E-state index contributed by atoms with van der Waals surface area (Å²) in [7, 11) is 0. The van der Waals surface area contributed by atoms with Crippen molar-refractivity contribution in [3.8, 4) is 11.5 Å². The van der Waals surface area contributed by atoms with Gasteiger partial charge in [-0.2, -0.15) is 0 Å². The summed E-state index contributed by atoms with van der Waals surface area (Å²) in [4.78, 5) is 25.8. The second-order valence-electron chi connectivity index (χ2n) is 15.3. The van der Waals surface area contributed by atoms with Crippen LogP contribution in [0.25, 0.3) is 0 Å². The fourth-order valence-corrected chi connectivity index (χ4v) is 19.3. The van der Waals surface area contributed by atoms with Gasteiger partial charge in [0.1, 0.15) is 0 Å². The molecule has 0 fully saturated rings. The number of allylic oxidation sites excluding steroid dienone is 8. The van der Waals surface area contributed by atoms with Crippen LogP contribution in [0.1, 0.15) is 109 Å². The van der Waals surface area contributed by atoms with E-state index in [2.05, 4.69) is 10.6 Å². The number of carbonyl (C=O) groups excluding carboxylic acids is 2. The van der Waals surface area contributed by atoms with Crippen molar-refractivity contribution in [2.45, 2.75) is 109 Å². The van der Waals surface area contributed by atoms with E-state index in [1.807, 2.05) is 83.1 Å². The molecule has 2 aliphatic carbocycles. The third kappa shape index (κ3) is 7.18. The summed E-state index contributed by atoms with van der Waals surface area (Å²) >= 11 is -5.79. The van der Waals surface area contributed by atoms with Crippen LogP contribution in [-0.2, 0) is 16.6 Å². The Bertz CT molecular complexity index is 1820. The average molecular weight is 775 g/mol. The third-order valence-electron chi connectivity index (χ3n) is 11.7.